The third-order valence-electron chi connectivity index (χ3n) is 6.66. The summed E-state index contributed by atoms with van der Waals surface area (Å²) < 4.78 is 10.8. The molecule has 1 aliphatic rings. The minimum Gasteiger partial charge on any atom is -0.459 e. The van der Waals surface area contributed by atoms with Crippen LogP contribution in [0.1, 0.15) is 77.1 Å². The molecule has 4 N–H and O–H groups in total. The number of benzene rings is 2. The lowest BCUT2D eigenvalue weighted by molar-refractivity contribution is -0.156. The van der Waals surface area contributed by atoms with Crippen LogP contribution < -0.4 is 16.4 Å². The third-order valence-corrected chi connectivity index (χ3v) is 6.90. The first kappa shape index (κ1) is 33.9. The van der Waals surface area contributed by atoms with E-state index in [-0.39, 0.29) is 24.8 Å². The quantitative estimate of drug-likeness (QED) is 0.355. The fourth-order valence-corrected chi connectivity index (χ4v) is 5.02. The van der Waals surface area contributed by atoms with Gasteiger partial charge in [0.15, 0.2) is 0 Å². The Hall–Kier alpha value is -3.63. The molecule has 11 heteroatoms. The number of rotatable bonds is 9. The summed E-state index contributed by atoms with van der Waals surface area (Å²) in [6, 6.07) is 11.5. The van der Waals surface area contributed by atoms with Gasteiger partial charge >= 0.3 is 12.1 Å². The van der Waals surface area contributed by atoms with E-state index in [1.807, 2.05) is 30.3 Å². The third kappa shape index (κ3) is 10.2. The first-order valence-corrected chi connectivity index (χ1v) is 14.8. The molecule has 1 unspecified atom stereocenters. The number of likely N-dealkylation sites (tertiary alicyclic amines) is 1. The molecule has 43 heavy (non-hydrogen) atoms. The molecule has 0 aliphatic carbocycles. The number of carbonyl (C=O) groups excluding carboxylic acids is 4. The van der Waals surface area contributed by atoms with Crippen LogP contribution in [0, 0.1) is 0 Å². The Morgan fingerprint density at radius 3 is 2.28 bits per heavy atom. The Labute approximate surface area is 258 Å². The maximum absolute atomic E-state index is 13.8. The van der Waals surface area contributed by atoms with Crippen molar-refractivity contribution in [2.45, 2.75) is 96.7 Å². The topological polar surface area (TPSA) is 140 Å². The van der Waals surface area contributed by atoms with Gasteiger partial charge in [0.25, 0.3) is 0 Å². The first-order valence-electron chi connectivity index (χ1n) is 14.4. The van der Waals surface area contributed by atoms with Crippen LogP contribution in [-0.4, -0.2) is 58.6 Å². The van der Waals surface area contributed by atoms with E-state index in [9.17, 15) is 19.2 Å². The smallest absolute Gasteiger partial charge is 0.408 e. The predicted molar refractivity (Wildman–Crippen MR) is 164 cm³/mol. The molecule has 0 radical (unpaired) electrons. The van der Waals surface area contributed by atoms with Gasteiger partial charge in [0.2, 0.25) is 11.8 Å². The monoisotopic (exact) mass is 614 g/mol. The molecule has 234 valence electrons. The van der Waals surface area contributed by atoms with Crippen LogP contribution in [0.3, 0.4) is 0 Å². The van der Waals surface area contributed by atoms with E-state index in [4.69, 9.17) is 26.8 Å². The Kier molecular flexibility index (Phi) is 11.2. The molecule has 1 aliphatic heterocycles. The highest BCUT2D eigenvalue weighted by Crippen LogP contribution is 2.25. The van der Waals surface area contributed by atoms with Gasteiger partial charge in [-0.15, -0.1) is 0 Å². The Morgan fingerprint density at radius 1 is 1.00 bits per heavy atom. The highest BCUT2D eigenvalue weighted by atomic mass is 35.5. The summed E-state index contributed by atoms with van der Waals surface area (Å²) >= 11 is 6.23. The highest BCUT2D eigenvalue weighted by Gasteiger charge is 2.38. The summed E-state index contributed by atoms with van der Waals surface area (Å²) in [6.45, 7) is 10.9. The van der Waals surface area contributed by atoms with Crippen molar-refractivity contribution in [2.75, 3.05) is 6.54 Å². The molecule has 2 aromatic carbocycles. The van der Waals surface area contributed by atoms with Gasteiger partial charge in [-0.2, -0.15) is 0 Å². The molecule has 0 spiro atoms. The van der Waals surface area contributed by atoms with E-state index in [0.29, 0.717) is 35.5 Å². The number of alkyl carbamates (subject to hydrolysis) is 1. The molecule has 0 bridgehead atoms. The number of nitrogens with one attached hydrogen (secondary N) is 2. The number of ether oxygens (including phenoxy) is 2. The van der Waals surface area contributed by atoms with Crippen molar-refractivity contribution in [1.82, 2.24) is 15.5 Å². The van der Waals surface area contributed by atoms with Gasteiger partial charge in [0.05, 0.1) is 0 Å². The van der Waals surface area contributed by atoms with E-state index in [1.165, 1.54) is 4.90 Å². The van der Waals surface area contributed by atoms with E-state index in [0.717, 1.165) is 5.56 Å². The number of amides is 3. The van der Waals surface area contributed by atoms with Gasteiger partial charge in [0, 0.05) is 24.5 Å². The molecule has 1 saturated heterocycles. The summed E-state index contributed by atoms with van der Waals surface area (Å²) in [7, 11) is 0. The Balaban J connectivity index is 1.75. The second-order valence-corrected chi connectivity index (χ2v) is 13.1. The molecule has 10 nitrogen and oxygen atoms in total. The number of nitrogens with zero attached hydrogens (tertiary/aromatic N) is 1. The van der Waals surface area contributed by atoms with Crippen molar-refractivity contribution in [3.05, 3.63) is 70.2 Å². The highest BCUT2D eigenvalue weighted by molar-refractivity contribution is 6.30. The lowest BCUT2D eigenvalue weighted by Gasteiger charge is -2.30. The summed E-state index contributed by atoms with van der Waals surface area (Å²) in [4.78, 5) is 54.1. The lowest BCUT2D eigenvalue weighted by atomic mass is 10.00. The SMILES string of the molecule is CC(C)(C)OC(=O)N[C@H](Cc1ccccc1)C(=O)N1CCC[C@H]1C(=O)NCc1cc(Cl)ccc1C(N)C(=O)OC(C)(C)C. The second-order valence-electron chi connectivity index (χ2n) is 12.7. The molecular weight excluding hydrogens is 572 g/mol. The van der Waals surface area contributed by atoms with Crippen molar-refractivity contribution < 1.29 is 28.7 Å². The zero-order valence-electron chi connectivity index (χ0n) is 25.7. The molecule has 0 saturated carbocycles. The average Bonchev–Trinajstić information content (AvgIpc) is 3.39. The molecule has 1 heterocycles. The van der Waals surface area contributed by atoms with E-state index in [2.05, 4.69) is 10.6 Å². The Morgan fingerprint density at radius 2 is 1.65 bits per heavy atom. The normalized spacial score (nSPS) is 16.7. The van der Waals surface area contributed by atoms with Crippen LogP contribution in [0.4, 0.5) is 4.79 Å². The molecule has 3 amide bonds. The molecule has 3 rings (SSSR count). The number of esters is 1. The van der Waals surface area contributed by atoms with Crippen LogP contribution in [-0.2, 0) is 36.8 Å². The van der Waals surface area contributed by atoms with Crippen molar-refractivity contribution in [2.24, 2.45) is 5.73 Å². The lowest BCUT2D eigenvalue weighted by Crippen LogP contribution is -2.54. The number of nitrogens with two attached hydrogens (primary N) is 1. The zero-order chi connectivity index (χ0) is 31.9. The van der Waals surface area contributed by atoms with Gasteiger partial charge in [-0.25, -0.2) is 9.59 Å². The van der Waals surface area contributed by atoms with Gasteiger partial charge in [-0.1, -0.05) is 48.0 Å². The van der Waals surface area contributed by atoms with Gasteiger partial charge in [-0.05, 0) is 83.2 Å². The first-order chi connectivity index (χ1) is 20.0. The molecular formula is C32H43ClN4O6. The van der Waals surface area contributed by atoms with Crippen LogP contribution in [0.5, 0.6) is 0 Å². The van der Waals surface area contributed by atoms with Crippen LogP contribution in [0.15, 0.2) is 48.5 Å². The van der Waals surface area contributed by atoms with Crippen molar-refractivity contribution in [3.8, 4) is 0 Å². The maximum Gasteiger partial charge on any atom is 0.408 e. The summed E-state index contributed by atoms with van der Waals surface area (Å²) in [5.41, 5.74) is 6.66. The number of hydrogen-bond acceptors (Lipinski definition) is 7. The minimum atomic E-state index is -1.08. The predicted octanol–water partition coefficient (Wildman–Crippen LogP) is 4.42. The molecule has 1 fully saturated rings. The van der Waals surface area contributed by atoms with E-state index >= 15 is 0 Å². The Bertz CT molecular complexity index is 1310. The average molecular weight is 615 g/mol. The number of hydrogen-bond donors (Lipinski definition) is 3. The van der Waals surface area contributed by atoms with Gasteiger partial charge in [-0.3, -0.25) is 9.59 Å². The molecule has 0 aromatic heterocycles. The van der Waals surface area contributed by atoms with E-state index in [1.54, 1.807) is 59.7 Å². The van der Waals surface area contributed by atoms with Crippen molar-refractivity contribution in [1.29, 1.82) is 0 Å². The summed E-state index contributed by atoms with van der Waals surface area (Å²) in [6.07, 6.45) is 0.608. The second kappa shape index (κ2) is 14.2. The summed E-state index contributed by atoms with van der Waals surface area (Å²) in [5, 5.41) is 6.01. The molecule has 3 atom stereocenters. The van der Waals surface area contributed by atoms with Crippen molar-refractivity contribution in [3.63, 3.8) is 0 Å². The fourth-order valence-electron chi connectivity index (χ4n) is 4.83. The number of carbonyl (C=O) groups is 4. The van der Waals surface area contributed by atoms with Crippen LogP contribution >= 0.6 is 11.6 Å². The van der Waals surface area contributed by atoms with Gasteiger partial charge < -0.3 is 30.7 Å². The largest absolute Gasteiger partial charge is 0.459 e. The fraction of sp³-hybridized carbons (Fsp3) is 0.500. The number of halogens is 1. The van der Waals surface area contributed by atoms with Crippen LogP contribution in [0.25, 0.3) is 0 Å². The maximum atomic E-state index is 13.8. The van der Waals surface area contributed by atoms with Gasteiger partial charge in [0.1, 0.15) is 29.3 Å². The van der Waals surface area contributed by atoms with E-state index < -0.39 is 41.4 Å². The molecule has 2 aromatic rings. The van der Waals surface area contributed by atoms with Crippen molar-refractivity contribution >= 4 is 35.5 Å². The van der Waals surface area contributed by atoms with Crippen LogP contribution in [0.2, 0.25) is 5.02 Å². The standard InChI is InChI=1S/C32H43ClN4O6/c1-31(2,3)42-29(40)26(34)23-15-14-22(33)18-21(23)19-35-27(38)25-13-10-16-37(25)28(39)24(17-20-11-8-7-9-12-20)36-30(41)43-32(4,5)6/h7-9,11-12,14-15,18,24-26H,10,13,16-17,19,34H2,1-6H3,(H,35,38)(H,36,41)/t24-,25+,26?/m1/s1. The minimum absolute atomic E-state index is 0.0351. The summed E-state index contributed by atoms with van der Waals surface area (Å²) in [5.74, 6) is -1.34. The zero-order valence-corrected chi connectivity index (χ0v) is 26.5.